The third-order valence-corrected chi connectivity index (χ3v) is 6.87. The average molecular weight is 449 g/mol. The van der Waals surface area contributed by atoms with Gasteiger partial charge in [-0.05, 0) is 45.2 Å². The van der Waals surface area contributed by atoms with Crippen LogP contribution in [0.25, 0.3) is 0 Å². The van der Waals surface area contributed by atoms with Gasteiger partial charge in [0.2, 0.25) is 5.91 Å². The van der Waals surface area contributed by atoms with Gasteiger partial charge in [-0.15, -0.1) is 11.8 Å². The molecule has 0 bridgehead atoms. The van der Waals surface area contributed by atoms with Gasteiger partial charge in [-0.25, -0.2) is 4.79 Å². The van der Waals surface area contributed by atoms with Crippen LogP contribution in [0, 0.1) is 10.1 Å². The number of rotatable bonds is 3. The Balaban J connectivity index is 1.57. The summed E-state index contributed by atoms with van der Waals surface area (Å²) in [5, 5.41) is 11.1. The molecule has 0 saturated carbocycles. The minimum atomic E-state index is -0.647. The van der Waals surface area contributed by atoms with Crippen molar-refractivity contribution in [2.24, 2.45) is 0 Å². The third-order valence-electron chi connectivity index (χ3n) is 5.90. The minimum Gasteiger partial charge on any atom is -0.444 e. The summed E-state index contributed by atoms with van der Waals surface area (Å²) in [7, 11) is 0. The highest BCUT2D eigenvalue weighted by Crippen LogP contribution is 2.37. The van der Waals surface area contributed by atoms with Crippen molar-refractivity contribution in [3.8, 4) is 0 Å². The topological polar surface area (TPSA) is 96.2 Å². The molecular formula is C21H28N4O5S. The molecule has 168 valence electrons. The van der Waals surface area contributed by atoms with Crippen molar-refractivity contribution < 1.29 is 19.2 Å². The zero-order valence-corrected chi connectivity index (χ0v) is 18.9. The Morgan fingerprint density at radius 3 is 2.68 bits per heavy atom. The number of anilines is 1. The van der Waals surface area contributed by atoms with Crippen LogP contribution in [0.1, 0.15) is 32.8 Å². The van der Waals surface area contributed by atoms with Gasteiger partial charge in [0.05, 0.1) is 10.8 Å². The second kappa shape index (κ2) is 8.22. The first-order chi connectivity index (χ1) is 14.6. The quantitative estimate of drug-likeness (QED) is 0.518. The highest BCUT2D eigenvalue weighted by Gasteiger charge is 2.46. The van der Waals surface area contributed by atoms with Gasteiger partial charge in [0.25, 0.3) is 5.69 Å². The lowest BCUT2D eigenvalue weighted by Gasteiger charge is -2.30. The van der Waals surface area contributed by atoms with Crippen LogP contribution < -0.4 is 4.90 Å². The maximum atomic E-state index is 13.2. The van der Waals surface area contributed by atoms with E-state index in [1.54, 1.807) is 28.8 Å². The molecule has 2 fully saturated rings. The Bertz CT molecular complexity index is 896. The number of nitro groups is 1. The van der Waals surface area contributed by atoms with Crippen molar-refractivity contribution in [3.63, 3.8) is 0 Å². The monoisotopic (exact) mass is 448 g/mol. The van der Waals surface area contributed by atoms with Crippen LogP contribution in [0.2, 0.25) is 0 Å². The Morgan fingerprint density at radius 2 is 2.03 bits per heavy atom. The predicted molar refractivity (Wildman–Crippen MR) is 118 cm³/mol. The zero-order chi connectivity index (χ0) is 22.3. The van der Waals surface area contributed by atoms with Gasteiger partial charge in [-0.3, -0.25) is 19.8 Å². The molecule has 0 radical (unpaired) electrons. The van der Waals surface area contributed by atoms with Crippen LogP contribution in [-0.2, 0) is 16.0 Å². The van der Waals surface area contributed by atoms with Gasteiger partial charge in [0.1, 0.15) is 11.6 Å². The normalized spacial score (nSPS) is 23.3. The summed E-state index contributed by atoms with van der Waals surface area (Å²) in [5.41, 5.74) is 1.32. The lowest BCUT2D eigenvalue weighted by atomic mass is 10.1. The molecule has 3 heterocycles. The summed E-state index contributed by atoms with van der Waals surface area (Å²) < 4.78 is 5.60. The zero-order valence-electron chi connectivity index (χ0n) is 18.1. The second-order valence-corrected chi connectivity index (χ2v) is 10.3. The average Bonchev–Trinajstić information content (AvgIpc) is 3.43. The molecule has 2 amide bonds. The van der Waals surface area contributed by atoms with Gasteiger partial charge in [-0.2, -0.15) is 0 Å². The van der Waals surface area contributed by atoms with Crippen molar-refractivity contribution in [3.05, 3.63) is 33.9 Å². The van der Waals surface area contributed by atoms with E-state index in [1.165, 1.54) is 6.07 Å². The van der Waals surface area contributed by atoms with Crippen LogP contribution in [0.5, 0.6) is 0 Å². The molecule has 3 aliphatic heterocycles. The molecule has 0 aliphatic carbocycles. The number of fused-ring (bicyclic) bond motifs is 1. The maximum Gasteiger partial charge on any atom is 0.411 e. The molecule has 2 atom stereocenters. The number of carbonyl (C=O) groups is 2. The number of thioether (sulfide) groups is 1. The van der Waals surface area contributed by atoms with Crippen molar-refractivity contribution in [2.45, 2.75) is 51.3 Å². The van der Waals surface area contributed by atoms with Crippen LogP contribution in [0.3, 0.4) is 0 Å². The molecule has 31 heavy (non-hydrogen) atoms. The predicted octanol–water partition coefficient (Wildman–Crippen LogP) is 2.87. The molecule has 1 aromatic carbocycles. The van der Waals surface area contributed by atoms with E-state index in [9.17, 15) is 19.7 Å². The van der Waals surface area contributed by atoms with Crippen LogP contribution in [-0.4, -0.2) is 75.7 Å². The molecular weight excluding hydrogens is 420 g/mol. The van der Waals surface area contributed by atoms with E-state index >= 15 is 0 Å². The minimum absolute atomic E-state index is 0.0264. The fourth-order valence-electron chi connectivity index (χ4n) is 4.50. The van der Waals surface area contributed by atoms with Gasteiger partial charge < -0.3 is 14.5 Å². The van der Waals surface area contributed by atoms with E-state index in [-0.39, 0.29) is 22.6 Å². The standard InChI is InChI=1S/C21H28N4O5S/c1-21(2,3)30-20(27)24-12-16(11-18(24)19(26)22-8-9-31-13-22)23-7-6-14-10-15(25(28)29)4-5-17(14)23/h4-5,10,16,18H,6-9,11-13H2,1-3H3/t16-,18-/m0/s1. The first-order valence-corrected chi connectivity index (χ1v) is 11.7. The summed E-state index contributed by atoms with van der Waals surface area (Å²) in [6, 6.07) is 4.33. The number of hydrogen-bond acceptors (Lipinski definition) is 7. The van der Waals surface area contributed by atoms with Gasteiger partial charge in [0, 0.05) is 49.2 Å². The van der Waals surface area contributed by atoms with Crippen molar-refractivity contribution >= 4 is 35.1 Å². The van der Waals surface area contributed by atoms with E-state index < -0.39 is 17.7 Å². The number of likely N-dealkylation sites (tertiary alicyclic amines) is 1. The molecule has 9 nitrogen and oxygen atoms in total. The molecule has 1 aromatic rings. The molecule has 0 aromatic heterocycles. The van der Waals surface area contributed by atoms with E-state index in [0.717, 1.165) is 17.0 Å². The van der Waals surface area contributed by atoms with E-state index in [2.05, 4.69) is 4.90 Å². The van der Waals surface area contributed by atoms with Gasteiger partial charge in [0.15, 0.2) is 0 Å². The van der Waals surface area contributed by atoms with Gasteiger partial charge in [-0.1, -0.05) is 0 Å². The van der Waals surface area contributed by atoms with Crippen LogP contribution >= 0.6 is 11.8 Å². The van der Waals surface area contributed by atoms with E-state index in [1.807, 2.05) is 25.7 Å². The number of amides is 2. The molecule has 2 saturated heterocycles. The van der Waals surface area contributed by atoms with Gasteiger partial charge >= 0.3 is 6.09 Å². The Kier molecular flexibility index (Phi) is 5.76. The number of non-ortho nitro benzene ring substituents is 1. The molecule has 4 rings (SSSR count). The van der Waals surface area contributed by atoms with E-state index in [4.69, 9.17) is 4.74 Å². The summed E-state index contributed by atoms with van der Waals surface area (Å²) in [6.45, 7) is 7.25. The molecule has 0 unspecified atom stereocenters. The largest absolute Gasteiger partial charge is 0.444 e. The Hall–Kier alpha value is -2.49. The summed E-state index contributed by atoms with van der Waals surface area (Å²) in [6.07, 6.45) is 0.764. The first-order valence-electron chi connectivity index (χ1n) is 10.5. The molecule has 10 heteroatoms. The Morgan fingerprint density at radius 1 is 1.26 bits per heavy atom. The maximum absolute atomic E-state index is 13.2. The van der Waals surface area contributed by atoms with Crippen molar-refractivity contribution in [1.82, 2.24) is 9.80 Å². The highest BCUT2D eigenvalue weighted by molar-refractivity contribution is 7.99. The summed E-state index contributed by atoms with van der Waals surface area (Å²) in [5.74, 6) is 1.53. The molecule has 0 N–H and O–H groups in total. The lowest BCUT2D eigenvalue weighted by Crippen LogP contribution is -2.48. The van der Waals surface area contributed by atoms with Crippen LogP contribution in [0.4, 0.5) is 16.2 Å². The lowest BCUT2D eigenvalue weighted by molar-refractivity contribution is -0.384. The fourth-order valence-corrected chi connectivity index (χ4v) is 5.46. The summed E-state index contributed by atoms with van der Waals surface area (Å²) >= 11 is 1.71. The number of nitrogens with zero attached hydrogens (tertiary/aromatic N) is 4. The second-order valence-electron chi connectivity index (χ2n) is 9.19. The third kappa shape index (κ3) is 4.44. The van der Waals surface area contributed by atoms with Crippen molar-refractivity contribution in [1.29, 1.82) is 0 Å². The number of carbonyl (C=O) groups excluding carboxylic acids is 2. The number of benzene rings is 1. The molecule has 3 aliphatic rings. The smallest absolute Gasteiger partial charge is 0.411 e. The number of ether oxygens (including phenoxy) is 1. The molecule has 0 spiro atoms. The number of hydrogen-bond donors (Lipinski definition) is 0. The highest BCUT2D eigenvalue weighted by atomic mass is 32.2. The SMILES string of the molecule is CC(C)(C)OC(=O)N1C[C@@H](N2CCc3cc([N+](=O)[O-])ccc32)C[C@H]1C(=O)N1CCSC1. The number of nitro benzene ring substituents is 1. The van der Waals surface area contributed by atoms with Crippen molar-refractivity contribution in [2.75, 3.05) is 36.2 Å². The Labute approximate surface area is 185 Å². The summed E-state index contributed by atoms with van der Waals surface area (Å²) in [4.78, 5) is 42.5. The van der Waals surface area contributed by atoms with E-state index in [0.29, 0.717) is 38.4 Å². The fraction of sp³-hybridized carbons (Fsp3) is 0.619. The first kappa shape index (κ1) is 21.7. The van der Waals surface area contributed by atoms with Crippen LogP contribution in [0.15, 0.2) is 18.2 Å².